The summed E-state index contributed by atoms with van der Waals surface area (Å²) in [5.74, 6) is -2.78. The number of hydrogen-bond acceptors (Lipinski definition) is 6. The Hall–Kier alpha value is -2.78. The summed E-state index contributed by atoms with van der Waals surface area (Å²) in [6.07, 6.45) is 8.53. The molecule has 0 N–H and O–H groups in total. The Bertz CT molecular complexity index is 1010. The minimum absolute atomic E-state index is 0.0329. The van der Waals surface area contributed by atoms with E-state index >= 15 is 0 Å². The summed E-state index contributed by atoms with van der Waals surface area (Å²) >= 11 is 0. The molecule has 178 valence electrons. The molecule has 3 fully saturated rings. The van der Waals surface area contributed by atoms with Gasteiger partial charge in [-0.25, -0.2) is 13.8 Å². The lowest BCUT2D eigenvalue weighted by atomic mass is 10.1. The molecule has 2 aromatic heterocycles. The molecule has 2 unspecified atom stereocenters. The number of halogens is 2. The van der Waals surface area contributed by atoms with Crippen molar-refractivity contribution in [2.45, 2.75) is 70.0 Å². The number of carbonyl (C=O) groups is 1. The first kappa shape index (κ1) is 22.0. The number of fused-ring (bicyclic) bond motifs is 2. The molecule has 5 rings (SSSR count). The van der Waals surface area contributed by atoms with Gasteiger partial charge in [-0.2, -0.15) is 10.1 Å². The van der Waals surface area contributed by atoms with Crippen molar-refractivity contribution in [2.75, 3.05) is 22.9 Å². The van der Waals surface area contributed by atoms with Gasteiger partial charge in [-0.15, -0.1) is 0 Å². The topological polar surface area (TPSA) is 70.4 Å². The number of alkyl halides is 2. The molecule has 0 aromatic carbocycles. The Kier molecular flexibility index (Phi) is 5.49. The summed E-state index contributed by atoms with van der Waals surface area (Å²) in [6, 6.07) is 2.13. The third kappa shape index (κ3) is 4.15. The zero-order valence-electron chi connectivity index (χ0n) is 19.4. The third-order valence-corrected chi connectivity index (χ3v) is 7.12. The Morgan fingerprint density at radius 1 is 1.18 bits per heavy atom. The van der Waals surface area contributed by atoms with E-state index in [2.05, 4.69) is 33.7 Å². The zero-order chi connectivity index (χ0) is 23.3. The Balaban J connectivity index is 1.33. The molecular weight excluding hydrogens is 428 g/mol. The van der Waals surface area contributed by atoms with Gasteiger partial charge in [-0.05, 0) is 45.6 Å². The number of anilines is 3. The van der Waals surface area contributed by atoms with Crippen LogP contribution in [0.15, 0.2) is 24.7 Å². The van der Waals surface area contributed by atoms with Crippen molar-refractivity contribution in [1.29, 1.82) is 0 Å². The molecule has 2 aliphatic heterocycles. The van der Waals surface area contributed by atoms with Crippen LogP contribution in [-0.2, 0) is 11.8 Å². The fourth-order valence-corrected chi connectivity index (χ4v) is 5.31. The predicted molar refractivity (Wildman–Crippen MR) is 121 cm³/mol. The van der Waals surface area contributed by atoms with E-state index in [1.165, 1.54) is 0 Å². The molecule has 1 aliphatic carbocycles. The number of aryl methyl sites for hydroxylation is 1. The summed E-state index contributed by atoms with van der Waals surface area (Å²) in [7, 11) is 1.88. The van der Waals surface area contributed by atoms with Crippen molar-refractivity contribution in [3.8, 4) is 0 Å². The summed E-state index contributed by atoms with van der Waals surface area (Å²) in [6.45, 7) is 5.64. The first-order valence-corrected chi connectivity index (χ1v) is 11.8. The lowest BCUT2D eigenvalue weighted by molar-refractivity contribution is -0.138. The van der Waals surface area contributed by atoms with Crippen LogP contribution in [0.1, 0.15) is 46.0 Å². The van der Waals surface area contributed by atoms with E-state index in [4.69, 9.17) is 4.98 Å². The van der Waals surface area contributed by atoms with Crippen LogP contribution in [0, 0.1) is 5.92 Å². The van der Waals surface area contributed by atoms with Crippen LogP contribution in [0.3, 0.4) is 0 Å². The molecule has 3 atom stereocenters. The van der Waals surface area contributed by atoms with E-state index < -0.39 is 11.8 Å². The minimum atomic E-state index is -2.81. The smallest absolute Gasteiger partial charge is 0.260 e. The maximum atomic E-state index is 13.5. The SMILES string of the molecule is CC(C)N(c1cnn(C)c1)c1nccc(N2CCC3CCC(CC2)N3C(=O)[C@@H]2CC2(F)F)n1. The largest absolute Gasteiger partial charge is 0.356 e. The molecule has 2 aromatic rings. The van der Waals surface area contributed by atoms with E-state index in [1.54, 1.807) is 22.0 Å². The Morgan fingerprint density at radius 3 is 2.39 bits per heavy atom. The average Bonchev–Trinajstić information content (AvgIpc) is 3.08. The number of hydrogen-bond donors (Lipinski definition) is 0. The average molecular weight is 460 g/mol. The second-order valence-electron chi connectivity index (χ2n) is 9.76. The molecule has 2 saturated heterocycles. The first-order valence-electron chi connectivity index (χ1n) is 11.8. The lowest BCUT2D eigenvalue weighted by Crippen LogP contribution is -2.47. The molecule has 10 heteroatoms. The standard InChI is InChI=1S/C23H31F2N7O/c1-15(2)31(18-13-27-29(3)14-18)22-26-9-6-20(28-22)30-10-7-16-4-5-17(8-11-30)32(16)21(33)19-12-23(19,24)25/h6,9,13-17,19H,4-5,7-8,10-12H2,1-3H3/t16?,17?,19-/m0/s1. The highest BCUT2D eigenvalue weighted by Crippen LogP contribution is 2.51. The molecular formula is C23H31F2N7O. The van der Waals surface area contributed by atoms with Crippen LogP contribution in [0.4, 0.5) is 26.2 Å². The summed E-state index contributed by atoms with van der Waals surface area (Å²) in [4.78, 5) is 28.3. The number of carbonyl (C=O) groups excluding carboxylic acids is 1. The van der Waals surface area contributed by atoms with Gasteiger partial charge in [-0.3, -0.25) is 9.48 Å². The van der Waals surface area contributed by atoms with Crippen LogP contribution >= 0.6 is 0 Å². The molecule has 0 radical (unpaired) electrons. The van der Waals surface area contributed by atoms with Crippen LogP contribution < -0.4 is 9.80 Å². The van der Waals surface area contributed by atoms with E-state index in [-0.39, 0.29) is 30.5 Å². The van der Waals surface area contributed by atoms with Crippen molar-refractivity contribution in [1.82, 2.24) is 24.6 Å². The Morgan fingerprint density at radius 2 is 1.85 bits per heavy atom. The normalized spacial score (nSPS) is 26.3. The molecule has 1 saturated carbocycles. The fourth-order valence-electron chi connectivity index (χ4n) is 5.31. The molecule has 0 spiro atoms. The quantitative estimate of drug-likeness (QED) is 0.683. The van der Waals surface area contributed by atoms with E-state index in [1.807, 2.05) is 19.3 Å². The maximum Gasteiger partial charge on any atom is 0.260 e. The number of amides is 1. The molecule has 4 heterocycles. The van der Waals surface area contributed by atoms with Crippen LogP contribution in [0.2, 0.25) is 0 Å². The maximum absolute atomic E-state index is 13.5. The summed E-state index contributed by atoms with van der Waals surface area (Å²) < 4.78 is 28.8. The highest BCUT2D eigenvalue weighted by Gasteiger charge is 2.63. The second-order valence-corrected chi connectivity index (χ2v) is 9.76. The van der Waals surface area contributed by atoms with Gasteiger partial charge in [-0.1, -0.05) is 0 Å². The van der Waals surface area contributed by atoms with Crippen molar-refractivity contribution >= 4 is 23.4 Å². The Labute approximate surface area is 192 Å². The monoisotopic (exact) mass is 459 g/mol. The molecule has 33 heavy (non-hydrogen) atoms. The third-order valence-electron chi connectivity index (χ3n) is 7.12. The molecule has 8 nitrogen and oxygen atoms in total. The summed E-state index contributed by atoms with van der Waals surface area (Å²) in [5, 5.41) is 4.28. The first-order chi connectivity index (χ1) is 15.7. The van der Waals surface area contributed by atoms with Gasteiger partial charge >= 0.3 is 0 Å². The lowest BCUT2D eigenvalue weighted by Gasteiger charge is -2.37. The van der Waals surface area contributed by atoms with E-state index in [9.17, 15) is 13.6 Å². The van der Waals surface area contributed by atoms with Gasteiger partial charge in [0.2, 0.25) is 11.9 Å². The van der Waals surface area contributed by atoms with Gasteiger partial charge in [0, 0.05) is 57.1 Å². The molecule has 1 amide bonds. The van der Waals surface area contributed by atoms with Gasteiger partial charge in [0.05, 0.1) is 11.9 Å². The van der Waals surface area contributed by atoms with E-state index in [0.29, 0.717) is 5.95 Å². The second kappa shape index (κ2) is 8.22. The number of rotatable bonds is 5. The van der Waals surface area contributed by atoms with Crippen molar-refractivity contribution in [2.24, 2.45) is 13.0 Å². The van der Waals surface area contributed by atoms with Gasteiger partial charge in [0.1, 0.15) is 11.7 Å². The van der Waals surface area contributed by atoms with Gasteiger partial charge in [0.25, 0.3) is 5.92 Å². The van der Waals surface area contributed by atoms with Gasteiger partial charge in [0.15, 0.2) is 0 Å². The van der Waals surface area contributed by atoms with E-state index in [0.717, 1.165) is 50.3 Å². The fraction of sp³-hybridized carbons (Fsp3) is 0.652. The van der Waals surface area contributed by atoms with Crippen LogP contribution in [0.25, 0.3) is 0 Å². The summed E-state index contributed by atoms with van der Waals surface area (Å²) in [5.41, 5.74) is 0.932. The highest BCUT2D eigenvalue weighted by molar-refractivity contribution is 5.84. The molecule has 3 aliphatic rings. The van der Waals surface area contributed by atoms with Crippen LogP contribution in [-0.4, -0.2) is 67.7 Å². The number of aromatic nitrogens is 4. The number of nitrogens with zero attached hydrogens (tertiary/aromatic N) is 7. The highest BCUT2D eigenvalue weighted by atomic mass is 19.3. The van der Waals surface area contributed by atoms with Gasteiger partial charge < -0.3 is 14.7 Å². The van der Waals surface area contributed by atoms with Crippen molar-refractivity contribution in [3.63, 3.8) is 0 Å². The van der Waals surface area contributed by atoms with Crippen molar-refractivity contribution < 1.29 is 13.6 Å². The minimum Gasteiger partial charge on any atom is -0.356 e. The van der Waals surface area contributed by atoms with Crippen LogP contribution in [0.5, 0.6) is 0 Å². The van der Waals surface area contributed by atoms with Crippen molar-refractivity contribution in [3.05, 3.63) is 24.7 Å². The zero-order valence-corrected chi connectivity index (χ0v) is 19.4. The molecule has 2 bridgehead atoms. The predicted octanol–water partition coefficient (Wildman–Crippen LogP) is 3.37.